The number of nitrogens with zero attached hydrogens (tertiary/aromatic N) is 1. The standard InChI is InChI=1S/C16H15NO4/c1-21-16(20)10-6-8-11(9-7-10)17-14(18)12-4-2-3-5-13(12)15(17)19/h2-3,6-9,12-13H,4-5H2,1H3/t12-,13+. The van der Waals surface area contributed by atoms with Crippen LogP contribution in [-0.4, -0.2) is 24.9 Å². The van der Waals surface area contributed by atoms with Gasteiger partial charge in [-0.3, -0.25) is 14.5 Å². The summed E-state index contributed by atoms with van der Waals surface area (Å²) < 4.78 is 4.63. The molecule has 2 atom stereocenters. The van der Waals surface area contributed by atoms with Crippen LogP contribution in [0.25, 0.3) is 0 Å². The van der Waals surface area contributed by atoms with Crippen molar-refractivity contribution < 1.29 is 19.1 Å². The van der Waals surface area contributed by atoms with Crippen molar-refractivity contribution in [3.63, 3.8) is 0 Å². The van der Waals surface area contributed by atoms with Crippen LogP contribution in [0, 0.1) is 11.8 Å². The number of methoxy groups -OCH3 is 1. The zero-order valence-electron chi connectivity index (χ0n) is 11.6. The number of rotatable bonds is 2. The van der Waals surface area contributed by atoms with Crippen LogP contribution < -0.4 is 4.90 Å². The average molecular weight is 285 g/mol. The number of carbonyl (C=O) groups excluding carboxylic acids is 3. The second kappa shape index (κ2) is 5.16. The molecule has 1 saturated heterocycles. The minimum absolute atomic E-state index is 0.153. The number of hydrogen-bond acceptors (Lipinski definition) is 4. The Balaban J connectivity index is 1.89. The van der Waals surface area contributed by atoms with Crippen molar-refractivity contribution in [2.45, 2.75) is 12.8 Å². The van der Waals surface area contributed by atoms with E-state index in [-0.39, 0.29) is 23.7 Å². The maximum Gasteiger partial charge on any atom is 0.337 e. The van der Waals surface area contributed by atoms with Crippen LogP contribution >= 0.6 is 0 Å². The summed E-state index contributed by atoms with van der Waals surface area (Å²) in [6.45, 7) is 0. The summed E-state index contributed by atoms with van der Waals surface area (Å²) in [6, 6.07) is 6.32. The molecular weight excluding hydrogens is 270 g/mol. The molecule has 0 radical (unpaired) electrons. The number of esters is 1. The molecule has 0 saturated carbocycles. The molecule has 108 valence electrons. The third-order valence-electron chi connectivity index (χ3n) is 4.05. The number of allylic oxidation sites excluding steroid dienone is 2. The van der Waals surface area contributed by atoms with Crippen LogP contribution in [-0.2, 0) is 14.3 Å². The van der Waals surface area contributed by atoms with Gasteiger partial charge in [0.2, 0.25) is 11.8 Å². The predicted molar refractivity (Wildman–Crippen MR) is 75.6 cm³/mol. The molecule has 5 nitrogen and oxygen atoms in total. The van der Waals surface area contributed by atoms with Gasteiger partial charge in [-0.2, -0.15) is 0 Å². The van der Waals surface area contributed by atoms with Gasteiger partial charge in [0.25, 0.3) is 0 Å². The van der Waals surface area contributed by atoms with Gasteiger partial charge >= 0.3 is 5.97 Å². The summed E-state index contributed by atoms with van der Waals surface area (Å²) in [7, 11) is 1.31. The van der Waals surface area contributed by atoms with Crippen LogP contribution in [0.1, 0.15) is 23.2 Å². The lowest BCUT2D eigenvalue weighted by molar-refractivity contribution is -0.122. The molecule has 1 heterocycles. The van der Waals surface area contributed by atoms with E-state index in [0.29, 0.717) is 24.1 Å². The third kappa shape index (κ3) is 2.14. The zero-order chi connectivity index (χ0) is 15.0. The molecule has 2 amide bonds. The lowest BCUT2D eigenvalue weighted by atomic mass is 9.85. The van der Waals surface area contributed by atoms with Gasteiger partial charge < -0.3 is 4.74 Å². The highest BCUT2D eigenvalue weighted by molar-refractivity contribution is 6.22. The van der Waals surface area contributed by atoms with Crippen molar-refractivity contribution in [2.24, 2.45) is 11.8 Å². The van der Waals surface area contributed by atoms with E-state index in [2.05, 4.69) is 4.74 Å². The summed E-state index contributed by atoms with van der Waals surface area (Å²) >= 11 is 0. The van der Waals surface area contributed by atoms with E-state index in [0.717, 1.165) is 0 Å². The molecule has 0 N–H and O–H groups in total. The second-order valence-corrected chi connectivity index (χ2v) is 5.21. The minimum Gasteiger partial charge on any atom is -0.465 e. The summed E-state index contributed by atoms with van der Waals surface area (Å²) in [5.74, 6) is -1.25. The van der Waals surface area contributed by atoms with E-state index in [9.17, 15) is 14.4 Å². The van der Waals surface area contributed by atoms with Crippen molar-refractivity contribution in [3.05, 3.63) is 42.0 Å². The van der Waals surface area contributed by atoms with Gasteiger partial charge in [0.15, 0.2) is 0 Å². The summed E-state index contributed by atoms with van der Waals surface area (Å²) in [6.07, 6.45) is 5.14. The topological polar surface area (TPSA) is 63.7 Å². The first-order valence-corrected chi connectivity index (χ1v) is 6.84. The maximum atomic E-state index is 12.4. The Morgan fingerprint density at radius 2 is 1.57 bits per heavy atom. The minimum atomic E-state index is -0.446. The molecule has 0 aromatic heterocycles. The Morgan fingerprint density at radius 1 is 1.05 bits per heavy atom. The van der Waals surface area contributed by atoms with Crippen molar-refractivity contribution in [1.82, 2.24) is 0 Å². The highest BCUT2D eigenvalue weighted by Crippen LogP contribution is 2.37. The van der Waals surface area contributed by atoms with Crippen LogP contribution in [0.15, 0.2) is 36.4 Å². The summed E-state index contributed by atoms with van der Waals surface area (Å²) in [5, 5.41) is 0. The summed E-state index contributed by atoms with van der Waals surface area (Å²) in [5.41, 5.74) is 0.895. The number of benzene rings is 1. The molecule has 1 aromatic carbocycles. The van der Waals surface area contributed by atoms with Crippen LogP contribution in [0.4, 0.5) is 5.69 Å². The largest absolute Gasteiger partial charge is 0.465 e. The van der Waals surface area contributed by atoms with Crippen LogP contribution in [0.5, 0.6) is 0 Å². The van der Waals surface area contributed by atoms with E-state index in [1.807, 2.05) is 12.2 Å². The Bertz CT molecular complexity index is 606. The average Bonchev–Trinajstić information content (AvgIpc) is 2.79. The normalized spacial score (nSPS) is 24.1. The van der Waals surface area contributed by atoms with Crippen LogP contribution in [0.3, 0.4) is 0 Å². The number of fused-ring (bicyclic) bond motifs is 1. The smallest absolute Gasteiger partial charge is 0.337 e. The molecule has 21 heavy (non-hydrogen) atoms. The molecule has 1 aliphatic carbocycles. The van der Waals surface area contributed by atoms with Gasteiger partial charge in [-0.1, -0.05) is 12.2 Å². The third-order valence-corrected chi connectivity index (χ3v) is 4.05. The number of ether oxygens (including phenoxy) is 1. The highest BCUT2D eigenvalue weighted by Gasteiger charge is 2.47. The molecule has 1 fully saturated rings. The molecule has 1 aromatic rings. The molecule has 0 bridgehead atoms. The van der Waals surface area contributed by atoms with Crippen molar-refractivity contribution >= 4 is 23.5 Å². The molecule has 2 aliphatic rings. The fourth-order valence-electron chi connectivity index (χ4n) is 2.92. The predicted octanol–water partition coefficient (Wildman–Crippen LogP) is 1.93. The summed E-state index contributed by atoms with van der Waals surface area (Å²) in [4.78, 5) is 37.5. The molecular formula is C16H15NO4. The number of amides is 2. The first-order chi connectivity index (χ1) is 10.1. The number of anilines is 1. The monoisotopic (exact) mass is 285 g/mol. The van der Waals surface area contributed by atoms with Crippen molar-refractivity contribution in [3.8, 4) is 0 Å². The quantitative estimate of drug-likeness (QED) is 0.473. The Labute approximate surface area is 122 Å². The van der Waals surface area contributed by atoms with Gasteiger partial charge in [-0.05, 0) is 37.1 Å². The molecule has 0 spiro atoms. The zero-order valence-corrected chi connectivity index (χ0v) is 11.6. The van der Waals surface area contributed by atoms with Crippen molar-refractivity contribution in [1.29, 1.82) is 0 Å². The van der Waals surface area contributed by atoms with Gasteiger partial charge in [-0.25, -0.2) is 4.79 Å². The van der Waals surface area contributed by atoms with Gasteiger partial charge in [0.05, 0.1) is 30.2 Å². The first kappa shape index (κ1) is 13.5. The SMILES string of the molecule is COC(=O)c1ccc(N2C(=O)[C@H]3CC=CC[C@H]3C2=O)cc1. The molecule has 5 heteroatoms. The van der Waals surface area contributed by atoms with E-state index in [4.69, 9.17) is 0 Å². The molecule has 0 unspecified atom stereocenters. The van der Waals surface area contributed by atoms with Gasteiger partial charge in [-0.15, -0.1) is 0 Å². The number of carbonyl (C=O) groups is 3. The second-order valence-electron chi connectivity index (χ2n) is 5.21. The molecule has 1 aliphatic heterocycles. The van der Waals surface area contributed by atoms with Crippen LogP contribution in [0.2, 0.25) is 0 Å². The van der Waals surface area contributed by atoms with Gasteiger partial charge in [0, 0.05) is 0 Å². The molecule has 3 rings (SSSR count). The Kier molecular flexibility index (Phi) is 3.33. The van der Waals surface area contributed by atoms with E-state index in [1.165, 1.54) is 12.0 Å². The lowest BCUT2D eigenvalue weighted by Gasteiger charge is -2.15. The fourth-order valence-corrected chi connectivity index (χ4v) is 2.92. The van der Waals surface area contributed by atoms with E-state index in [1.54, 1.807) is 24.3 Å². The lowest BCUT2D eigenvalue weighted by Crippen LogP contribution is -2.30. The first-order valence-electron chi connectivity index (χ1n) is 6.84. The number of imide groups is 1. The highest BCUT2D eigenvalue weighted by atomic mass is 16.5. The van der Waals surface area contributed by atoms with E-state index >= 15 is 0 Å². The maximum absolute atomic E-state index is 12.4. The fraction of sp³-hybridized carbons (Fsp3) is 0.312. The van der Waals surface area contributed by atoms with E-state index < -0.39 is 5.97 Å². The van der Waals surface area contributed by atoms with Crippen molar-refractivity contribution in [2.75, 3.05) is 12.0 Å². The Hall–Kier alpha value is -2.43. The number of hydrogen-bond donors (Lipinski definition) is 0. The Morgan fingerprint density at radius 3 is 2.05 bits per heavy atom. The van der Waals surface area contributed by atoms with Gasteiger partial charge in [0.1, 0.15) is 0 Å².